The molecule has 0 unspecified atom stereocenters. The highest BCUT2D eigenvalue weighted by Crippen LogP contribution is 2.14. The molecular weight excluding hydrogens is 215 g/mol. The Hall–Kier alpha value is -0.980. The molecule has 0 atom stereocenters. The highest BCUT2D eigenvalue weighted by Gasteiger charge is 1.90. The van der Waals surface area contributed by atoms with Crippen molar-refractivity contribution in [3.05, 3.63) is 64.7 Å². The molecule has 2 heteroatoms. The zero-order valence-corrected chi connectivity index (χ0v) is 9.09. The van der Waals surface area contributed by atoms with E-state index in [9.17, 15) is 0 Å². The van der Waals surface area contributed by atoms with E-state index in [4.69, 9.17) is 23.2 Å². The van der Waals surface area contributed by atoms with E-state index in [2.05, 4.69) is 6.58 Å². The lowest BCUT2D eigenvalue weighted by Crippen LogP contribution is -1.71. The largest absolute Gasteiger partial charge is 0.0991 e. The van der Waals surface area contributed by atoms with Crippen molar-refractivity contribution in [3.63, 3.8) is 0 Å². The number of benzene rings is 1. The molecule has 1 aromatic rings. The van der Waals surface area contributed by atoms with Crippen molar-refractivity contribution in [2.24, 2.45) is 0 Å². The van der Waals surface area contributed by atoms with Crippen LogP contribution in [0.2, 0.25) is 5.02 Å². The molecule has 0 fully saturated rings. The number of hydrogen-bond acceptors (Lipinski definition) is 0. The average molecular weight is 225 g/mol. The molecule has 1 aromatic carbocycles. The van der Waals surface area contributed by atoms with Crippen LogP contribution in [0.25, 0.3) is 6.08 Å². The fraction of sp³-hybridized carbons (Fsp3) is 0. The molecule has 0 heterocycles. The zero-order chi connectivity index (χ0) is 10.4. The molecule has 1 rings (SSSR count). The molecule has 0 saturated carbocycles. The predicted molar refractivity (Wildman–Crippen MR) is 64.6 cm³/mol. The van der Waals surface area contributed by atoms with Gasteiger partial charge in [-0.2, -0.15) is 0 Å². The van der Waals surface area contributed by atoms with E-state index in [1.54, 1.807) is 18.2 Å². The predicted octanol–water partition coefficient (Wildman–Crippen LogP) is 4.66. The quantitative estimate of drug-likeness (QED) is 0.656. The normalized spacial score (nSPS) is 12.0. The van der Waals surface area contributed by atoms with Crippen LogP contribution in [0.1, 0.15) is 5.56 Å². The van der Waals surface area contributed by atoms with Gasteiger partial charge in [-0.15, -0.1) is 0 Å². The molecule has 0 aliphatic heterocycles. The smallest absolute Gasteiger partial charge is 0.0411 e. The third-order valence-corrected chi connectivity index (χ3v) is 2.05. The summed E-state index contributed by atoms with van der Waals surface area (Å²) in [5.41, 5.74) is 1.02. The first-order valence-corrected chi connectivity index (χ1v) is 4.90. The van der Waals surface area contributed by atoms with Gasteiger partial charge in [-0.25, -0.2) is 0 Å². The van der Waals surface area contributed by atoms with E-state index >= 15 is 0 Å². The Morgan fingerprint density at radius 2 is 1.86 bits per heavy atom. The Balaban J connectivity index is 2.81. The van der Waals surface area contributed by atoms with E-state index in [0.717, 1.165) is 10.6 Å². The van der Waals surface area contributed by atoms with E-state index < -0.39 is 0 Å². The highest BCUT2D eigenvalue weighted by molar-refractivity contribution is 6.33. The van der Waals surface area contributed by atoms with Gasteiger partial charge in [-0.1, -0.05) is 54.1 Å². The van der Waals surface area contributed by atoms with Gasteiger partial charge in [0, 0.05) is 10.1 Å². The third-order valence-electron chi connectivity index (χ3n) is 1.57. The van der Waals surface area contributed by atoms with Crippen molar-refractivity contribution in [1.82, 2.24) is 0 Å². The SMILES string of the molecule is C=C/C=C\C(Cl)=C/c1ccc(Cl)cc1. The molecule has 14 heavy (non-hydrogen) atoms. The van der Waals surface area contributed by atoms with Crippen molar-refractivity contribution in [2.75, 3.05) is 0 Å². The van der Waals surface area contributed by atoms with E-state index in [1.165, 1.54) is 0 Å². The summed E-state index contributed by atoms with van der Waals surface area (Å²) in [5, 5.41) is 1.38. The van der Waals surface area contributed by atoms with Gasteiger partial charge in [0.25, 0.3) is 0 Å². The summed E-state index contributed by atoms with van der Waals surface area (Å²) in [6.07, 6.45) is 7.11. The van der Waals surface area contributed by atoms with Crippen LogP contribution < -0.4 is 0 Å². The molecule has 0 aliphatic carbocycles. The number of hydrogen-bond donors (Lipinski definition) is 0. The monoisotopic (exact) mass is 224 g/mol. The summed E-state index contributed by atoms with van der Waals surface area (Å²) in [6.45, 7) is 3.56. The van der Waals surface area contributed by atoms with Crippen LogP contribution in [0.5, 0.6) is 0 Å². The molecule has 0 spiro atoms. The van der Waals surface area contributed by atoms with E-state index in [1.807, 2.05) is 30.3 Å². The molecule has 0 saturated heterocycles. The molecule has 0 bridgehead atoms. The van der Waals surface area contributed by atoms with Crippen molar-refractivity contribution in [3.8, 4) is 0 Å². The topological polar surface area (TPSA) is 0 Å². The first-order valence-electron chi connectivity index (χ1n) is 4.14. The van der Waals surface area contributed by atoms with Crippen LogP contribution in [-0.2, 0) is 0 Å². The standard InChI is InChI=1S/C12H10Cl2/c1-2-3-4-12(14)9-10-5-7-11(13)8-6-10/h2-9H,1H2/b4-3-,12-9+. The Kier molecular flexibility index (Phi) is 4.51. The van der Waals surface area contributed by atoms with Crippen molar-refractivity contribution in [1.29, 1.82) is 0 Å². The first kappa shape index (κ1) is 11.1. The van der Waals surface area contributed by atoms with Gasteiger partial charge in [-0.3, -0.25) is 0 Å². The van der Waals surface area contributed by atoms with E-state index in [0.29, 0.717) is 5.03 Å². The van der Waals surface area contributed by atoms with Gasteiger partial charge in [0.2, 0.25) is 0 Å². The van der Waals surface area contributed by atoms with E-state index in [-0.39, 0.29) is 0 Å². The number of allylic oxidation sites excluding steroid dienone is 4. The second kappa shape index (κ2) is 5.69. The van der Waals surface area contributed by atoms with Crippen LogP contribution >= 0.6 is 23.2 Å². The molecule has 0 radical (unpaired) electrons. The van der Waals surface area contributed by atoms with Gasteiger partial charge in [0.1, 0.15) is 0 Å². The molecule has 0 aliphatic rings. The molecule has 0 nitrogen and oxygen atoms in total. The second-order valence-electron chi connectivity index (χ2n) is 2.68. The first-order chi connectivity index (χ1) is 6.72. The maximum atomic E-state index is 5.93. The van der Waals surface area contributed by atoms with Gasteiger partial charge >= 0.3 is 0 Å². The van der Waals surface area contributed by atoms with Gasteiger partial charge in [0.15, 0.2) is 0 Å². The van der Waals surface area contributed by atoms with Crippen LogP contribution in [0.15, 0.2) is 54.1 Å². The lowest BCUT2D eigenvalue weighted by molar-refractivity contribution is 1.65. The van der Waals surface area contributed by atoms with Crippen molar-refractivity contribution < 1.29 is 0 Å². The van der Waals surface area contributed by atoms with Crippen LogP contribution in [-0.4, -0.2) is 0 Å². The maximum Gasteiger partial charge on any atom is 0.0411 e. The molecular formula is C12H10Cl2. The second-order valence-corrected chi connectivity index (χ2v) is 3.55. The fourth-order valence-electron chi connectivity index (χ4n) is 0.926. The van der Waals surface area contributed by atoms with Gasteiger partial charge in [-0.05, 0) is 29.8 Å². The van der Waals surface area contributed by atoms with Crippen LogP contribution in [0.4, 0.5) is 0 Å². The Morgan fingerprint density at radius 1 is 1.21 bits per heavy atom. The van der Waals surface area contributed by atoms with Crippen LogP contribution in [0.3, 0.4) is 0 Å². The highest BCUT2D eigenvalue weighted by atomic mass is 35.5. The third kappa shape index (κ3) is 3.82. The molecule has 72 valence electrons. The minimum atomic E-state index is 0.659. The minimum Gasteiger partial charge on any atom is -0.0991 e. The van der Waals surface area contributed by atoms with Crippen molar-refractivity contribution in [2.45, 2.75) is 0 Å². The molecule has 0 N–H and O–H groups in total. The summed E-state index contributed by atoms with van der Waals surface area (Å²) >= 11 is 11.7. The summed E-state index contributed by atoms with van der Waals surface area (Å²) in [5.74, 6) is 0. The number of rotatable bonds is 3. The Morgan fingerprint density at radius 3 is 2.43 bits per heavy atom. The summed E-state index contributed by atoms with van der Waals surface area (Å²) in [6, 6.07) is 7.47. The number of halogens is 2. The molecule has 0 amide bonds. The van der Waals surface area contributed by atoms with Crippen molar-refractivity contribution >= 4 is 29.3 Å². The average Bonchev–Trinajstić information content (AvgIpc) is 2.18. The fourth-order valence-corrected chi connectivity index (χ4v) is 1.25. The Bertz CT molecular complexity index is 358. The van der Waals surface area contributed by atoms with Gasteiger partial charge in [0.05, 0.1) is 0 Å². The van der Waals surface area contributed by atoms with Crippen LogP contribution in [0, 0.1) is 0 Å². The summed E-state index contributed by atoms with van der Waals surface area (Å²) < 4.78 is 0. The lowest BCUT2D eigenvalue weighted by atomic mass is 10.2. The molecule has 0 aromatic heterocycles. The maximum absolute atomic E-state index is 5.93. The minimum absolute atomic E-state index is 0.659. The summed E-state index contributed by atoms with van der Waals surface area (Å²) in [7, 11) is 0. The summed E-state index contributed by atoms with van der Waals surface area (Å²) in [4.78, 5) is 0. The zero-order valence-electron chi connectivity index (χ0n) is 7.58. The van der Waals surface area contributed by atoms with Gasteiger partial charge < -0.3 is 0 Å². The Labute approximate surface area is 94.2 Å². The lowest BCUT2D eigenvalue weighted by Gasteiger charge is -1.94.